The van der Waals surface area contributed by atoms with Crippen molar-refractivity contribution in [3.63, 3.8) is 0 Å². The molecule has 0 radical (unpaired) electrons. The highest BCUT2D eigenvalue weighted by Crippen LogP contribution is 2.40. The summed E-state index contributed by atoms with van der Waals surface area (Å²) in [6.07, 6.45) is 2.25. The number of aliphatic hydroxyl groups is 1. The summed E-state index contributed by atoms with van der Waals surface area (Å²) < 4.78 is 17.4. The van der Waals surface area contributed by atoms with Gasteiger partial charge in [0.05, 0.1) is 0 Å². The molecule has 144 valence electrons. The maximum Gasteiger partial charge on any atom is 0.203 e. The topological polar surface area (TPSA) is 51.2 Å². The minimum Gasteiger partial charge on any atom is -0.486 e. The average molecular weight is 369 g/mol. The summed E-state index contributed by atoms with van der Waals surface area (Å²) >= 11 is 0. The molecule has 1 fully saturated rings. The van der Waals surface area contributed by atoms with Crippen LogP contribution in [-0.4, -0.2) is 55.1 Å². The lowest BCUT2D eigenvalue weighted by Gasteiger charge is -2.36. The van der Waals surface area contributed by atoms with E-state index in [1.807, 2.05) is 24.3 Å². The van der Waals surface area contributed by atoms with Crippen LogP contribution < -0.4 is 14.2 Å². The predicted molar refractivity (Wildman–Crippen MR) is 104 cm³/mol. The summed E-state index contributed by atoms with van der Waals surface area (Å²) in [5, 5.41) is 10.6. The van der Waals surface area contributed by atoms with Gasteiger partial charge in [0.1, 0.15) is 25.4 Å². The Balaban J connectivity index is 1.28. The molecule has 0 aliphatic carbocycles. The normalized spacial score (nSPS) is 22.4. The fourth-order valence-electron chi connectivity index (χ4n) is 3.77. The molecule has 2 aromatic carbocycles. The molecule has 27 heavy (non-hydrogen) atoms. The van der Waals surface area contributed by atoms with E-state index in [9.17, 15) is 5.11 Å². The van der Waals surface area contributed by atoms with Crippen LogP contribution in [0.3, 0.4) is 0 Å². The van der Waals surface area contributed by atoms with Crippen molar-refractivity contribution >= 4 is 0 Å². The minimum absolute atomic E-state index is 0.215. The second-order valence-electron chi connectivity index (χ2n) is 7.18. The highest BCUT2D eigenvalue weighted by atomic mass is 16.6. The van der Waals surface area contributed by atoms with Gasteiger partial charge in [-0.2, -0.15) is 0 Å². The van der Waals surface area contributed by atoms with Crippen LogP contribution in [0.2, 0.25) is 0 Å². The van der Waals surface area contributed by atoms with Crippen molar-refractivity contribution in [2.45, 2.75) is 31.5 Å². The van der Waals surface area contributed by atoms with Crippen LogP contribution in [0.4, 0.5) is 0 Å². The zero-order valence-corrected chi connectivity index (χ0v) is 15.5. The maximum atomic E-state index is 10.6. The van der Waals surface area contributed by atoms with Gasteiger partial charge in [0.15, 0.2) is 11.5 Å². The minimum atomic E-state index is -0.504. The van der Waals surface area contributed by atoms with Gasteiger partial charge in [-0.15, -0.1) is 0 Å². The first-order valence-corrected chi connectivity index (χ1v) is 9.79. The van der Waals surface area contributed by atoms with Gasteiger partial charge in [-0.1, -0.05) is 36.4 Å². The Labute approximate surface area is 160 Å². The number of rotatable bonds is 6. The first-order chi connectivity index (χ1) is 13.3. The number of likely N-dealkylation sites (tertiary alicyclic amines) is 1. The van der Waals surface area contributed by atoms with Gasteiger partial charge >= 0.3 is 0 Å². The monoisotopic (exact) mass is 369 g/mol. The summed E-state index contributed by atoms with van der Waals surface area (Å²) in [4.78, 5) is 2.33. The second kappa shape index (κ2) is 8.63. The molecule has 2 aliphatic rings. The molecule has 0 unspecified atom stereocenters. The van der Waals surface area contributed by atoms with Gasteiger partial charge < -0.3 is 24.2 Å². The summed E-state index contributed by atoms with van der Waals surface area (Å²) in [6, 6.07) is 16.2. The zero-order valence-electron chi connectivity index (χ0n) is 15.5. The first-order valence-electron chi connectivity index (χ1n) is 9.79. The molecule has 5 heteroatoms. The van der Waals surface area contributed by atoms with Crippen molar-refractivity contribution in [3.05, 3.63) is 54.1 Å². The van der Waals surface area contributed by atoms with Crippen LogP contribution in [-0.2, 0) is 6.42 Å². The van der Waals surface area contributed by atoms with Crippen LogP contribution >= 0.6 is 0 Å². The standard InChI is InChI=1S/C22H27NO4/c24-18-16-23(12-5-8-17-6-2-1-3-7-17)13-11-19(18)27-21-10-4-9-20-22(21)26-15-14-25-20/h1-4,6-7,9-10,18-19,24H,5,8,11-16H2/t18-,19-/m1/s1. The Kier molecular flexibility index (Phi) is 5.80. The number of hydrogen-bond acceptors (Lipinski definition) is 5. The molecule has 4 rings (SSSR count). The lowest BCUT2D eigenvalue weighted by molar-refractivity contribution is -0.0269. The molecule has 5 nitrogen and oxygen atoms in total. The molecule has 2 aliphatic heterocycles. The van der Waals surface area contributed by atoms with Crippen molar-refractivity contribution in [2.75, 3.05) is 32.8 Å². The third kappa shape index (κ3) is 4.54. The maximum absolute atomic E-state index is 10.6. The van der Waals surface area contributed by atoms with E-state index in [0.717, 1.165) is 32.4 Å². The molecule has 2 atom stereocenters. The van der Waals surface area contributed by atoms with Crippen molar-refractivity contribution < 1.29 is 19.3 Å². The predicted octanol–water partition coefficient (Wildman–Crippen LogP) is 2.90. The van der Waals surface area contributed by atoms with E-state index < -0.39 is 6.10 Å². The molecule has 0 saturated carbocycles. The summed E-state index contributed by atoms with van der Waals surface area (Å²) in [7, 11) is 0. The Morgan fingerprint density at radius 1 is 1.04 bits per heavy atom. The van der Waals surface area contributed by atoms with E-state index in [1.165, 1.54) is 5.56 Å². The van der Waals surface area contributed by atoms with Gasteiger partial charge in [-0.25, -0.2) is 0 Å². The Bertz CT molecular complexity index is 736. The molecule has 0 spiro atoms. The van der Waals surface area contributed by atoms with E-state index in [0.29, 0.717) is 37.0 Å². The SMILES string of the molecule is O[C@@H]1CN(CCCc2ccccc2)CC[C@H]1Oc1cccc2c1OCCO2. The number of β-amino-alcohol motifs (C(OH)–C–C–N with tert-alkyl or cyclic N) is 1. The number of aliphatic hydroxyl groups excluding tert-OH is 1. The number of hydrogen-bond donors (Lipinski definition) is 1. The van der Waals surface area contributed by atoms with Crippen LogP contribution in [0.5, 0.6) is 17.2 Å². The summed E-state index contributed by atoms with van der Waals surface area (Å²) in [5.41, 5.74) is 1.37. The van der Waals surface area contributed by atoms with Crippen LogP contribution in [0, 0.1) is 0 Å². The lowest BCUT2D eigenvalue weighted by atomic mass is 10.0. The number of ether oxygens (including phenoxy) is 3. The van der Waals surface area contributed by atoms with Gasteiger partial charge in [-0.05, 0) is 43.5 Å². The summed E-state index contributed by atoms with van der Waals surface area (Å²) in [5.74, 6) is 2.03. The molecule has 0 aromatic heterocycles. The van der Waals surface area contributed by atoms with E-state index in [4.69, 9.17) is 14.2 Å². The third-order valence-corrected chi connectivity index (χ3v) is 5.20. The van der Waals surface area contributed by atoms with E-state index in [-0.39, 0.29) is 6.10 Å². The Morgan fingerprint density at radius 2 is 1.89 bits per heavy atom. The second-order valence-corrected chi connectivity index (χ2v) is 7.18. The molecule has 0 bridgehead atoms. The Hall–Kier alpha value is -2.24. The quantitative estimate of drug-likeness (QED) is 0.849. The average Bonchev–Trinajstić information content (AvgIpc) is 2.71. The number of piperidine rings is 1. The molecular weight excluding hydrogens is 342 g/mol. The van der Waals surface area contributed by atoms with E-state index in [2.05, 4.69) is 29.2 Å². The largest absolute Gasteiger partial charge is 0.486 e. The van der Waals surface area contributed by atoms with E-state index in [1.54, 1.807) is 0 Å². The fourth-order valence-corrected chi connectivity index (χ4v) is 3.77. The smallest absolute Gasteiger partial charge is 0.203 e. The number of fused-ring (bicyclic) bond motifs is 1. The zero-order chi connectivity index (χ0) is 18.5. The van der Waals surface area contributed by atoms with Crippen LogP contribution in [0.1, 0.15) is 18.4 Å². The molecule has 0 amide bonds. The highest BCUT2D eigenvalue weighted by Gasteiger charge is 2.30. The Morgan fingerprint density at radius 3 is 2.74 bits per heavy atom. The molecule has 1 N–H and O–H groups in total. The van der Waals surface area contributed by atoms with Gasteiger partial charge in [0.25, 0.3) is 0 Å². The summed E-state index contributed by atoms with van der Waals surface area (Å²) in [6.45, 7) is 3.65. The molecule has 1 saturated heterocycles. The van der Waals surface area contributed by atoms with Gasteiger partial charge in [-0.3, -0.25) is 0 Å². The molecule has 2 heterocycles. The number of aryl methyl sites for hydroxylation is 1. The fraction of sp³-hybridized carbons (Fsp3) is 0.455. The van der Waals surface area contributed by atoms with Gasteiger partial charge in [0, 0.05) is 13.1 Å². The van der Waals surface area contributed by atoms with E-state index >= 15 is 0 Å². The number of benzene rings is 2. The van der Waals surface area contributed by atoms with Crippen LogP contribution in [0.15, 0.2) is 48.5 Å². The van der Waals surface area contributed by atoms with Crippen molar-refractivity contribution in [1.29, 1.82) is 0 Å². The van der Waals surface area contributed by atoms with Crippen molar-refractivity contribution in [2.24, 2.45) is 0 Å². The van der Waals surface area contributed by atoms with Crippen LogP contribution in [0.25, 0.3) is 0 Å². The van der Waals surface area contributed by atoms with Crippen molar-refractivity contribution in [1.82, 2.24) is 4.90 Å². The highest BCUT2D eigenvalue weighted by molar-refractivity contribution is 5.51. The number of para-hydroxylation sites is 1. The molecule has 2 aromatic rings. The van der Waals surface area contributed by atoms with Gasteiger partial charge in [0.2, 0.25) is 5.75 Å². The third-order valence-electron chi connectivity index (χ3n) is 5.20. The van der Waals surface area contributed by atoms with Crippen molar-refractivity contribution in [3.8, 4) is 17.2 Å². The number of nitrogens with zero attached hydrogens (tertiary/aromatic N) is 1. The first kappa shape index (κ1) is 18.1. The lowest BCUT2D eigenvalue weighted by Crippen LogP contribution is -2.49. The molecular formula is C22H27NO4.